The molecule has 0 aliphatic carbocycles. The Labute approximate surface area is 134 Å². The van der Waals surface area contributed by atoms with Gasteiger partial charge in [-0.3, -0.25) is 19.3 Å². The fourth-order valence-electron chi connectivity index (χ4n) is 2.33. The largest absolute Gasteiger partial charge is 0.345 e. The standard InChI is InChI=1S/C16H20N4O3/c1-19(2)15(22)14(16(23)20(3)10-21)13-9-12(17-18-13)11-7-5-4-6-8-11/h4-8,10,12,17-18H,9H2,1-3H3/b14-13-. The highest BCUT2D eigenvalue weighted by molar-refractivity contribution is 6.20. The van der Waals surface area contributed by atoms with Gasteiger partial charge in [-0.25, -0.2) is 5.43 Å². The molecule has 7 nitrogen and oxygen atoms in total. The second kappa shape index (κ2) is 7.06. The number of carbonyl (C=O) groups excluding carboxylic acids is 3. The second-order valence-electron chi connectivity index (χ2n) is 5.51. The minimum atomic E-state index is -0.628. The van der Waals surface area contributed by atoms with Gasteiger partial charge in [0.05, 0.1) is 6.04 Å². The third kappa shape index (κ3) is 3.57. The first-order valence-corrected chi connectivity index (χ1v) is 7.19. The van der Waals surface area contributed by atoms with Crippen LogP contribution < -0.4 is 10.9 Å². The van der Waals surface area contributed by atoms with Crippen LogP contribution in [-0.4, -0.2) is 49.2 Å². The van der Waals surface area contributed by atoms with E-state index in [2.05, 4.69) is 10.9 Å². The van der Waals surface area contributed by atoms with E-state index in [1.165, 1.54) is 11.9 Å². The summed E-state index contributed by atoms with van der Waals surface area (Å²) in [5.74, 6) is -1.07. The first-order chi connectivity index (χ1) is 11.0. The van der Waals surface area contributed by atoms with E-state index in [0.29, 0.717) is 18.5 Å². The van der Waals surface area contributed by atoms with Crippen LogP contribution in [0.15, 0.2) is 41.6 Å². The van der Waals surface area contributed by atoms with E-state index in [4.69, 9.17) is 0 Å². The van der Waals surface area contributed by atoms with Crippen LogP contribution in [0.25, 0.3) is 0 Å². The van der Waals surface area contributed by atoms with Crippen molar-refractivity contribution < 1.29 is 14.4 Å². The van der Waals surface area contributed by atoms with Gasteiger partial charge in [-0.2, -0.15) is 0 Å². The van der Waals surface area contributed by atoms with E-state index < -0.39 is 11.8 Å². The summed E-state index contributed by atoms with van der Waals surface area (Å²) < 4.78 is 0. The average Bonchev–Trinajstić information content (AvgIpc) is 3.04. The van der Waals surface area contributed by atoms with Crippen LogP contribution in [0.1, 0.15) is 18.0 Å². The average molecular weight is 316 g/mol. The number of imide groups is 1. The third-order valence-corrected chi connectivity index (χ3v) is 3.62. The minimum Gasteiger partial charge on any atom is -0.345 e. The van der Waals surface area contributed by atoms with Gasteiger partial charge in [-0.15, -0.1) is 0 Å². The van der Waals surface area contributed by atoms with E-state index >= 15 is 0 Å². The van der Waals surface area contributed by atoms with Gasteiger partial charge in [0.15, 0.2) is 0 Å². The monoisotopic (exact) mass is 316 g/mol. The van der Waals surface area contributed by atoms with Crippen LogP contribution in [0.2, 0.25) is 0 Å². The summed E-state index contributed by atoms with van der Waals surface area (Å²) in [6.07, 6.45) is 0.847. The Morgan fingerprint density at radius 3 is 2.35 bits per heavy atom. The summed E-state index contributed by atoms with van der Waals surface area (Å²) >= 11 is 0. The van der Waals surface area contributed by atoms with Crippen molar-refractivity contribution in [1.82, 2.24) is 20.7 Å². The Bertz CT molecular complexity index is 640. The second-order valence-corrected chi connectivity index (χ2v) is 5.51. The fraction of sp³-hybridized carbons (Fsp3) is 0.312. The topological polar surface area (TPSA) is 81.8 Å². The summed E-state index contributed by atoms with van der Waals surface area (Å²) in [6.45, 7) is 0. The van der Waals surface area contributed by atoms with E-state index in [1.807, 2.05) is 30.3 Å². The maximum atomic E-state index is 12.4. The highest BCUT2D eigenvalue weighted by Crippen LogP contribution is 2.26. The Kier molecular flexibility index (Phi) is 5.13. The van der Waals surface area contributed by atoms with Crippen molar-refractivity contribution in [1.29, 1.82) is 0 Å². The van der Waals surface area contributed by atoms with Gasteiger partial charge in [0.25, 0.3) is 11.8 Å². The lowest BCUT2D eigenvalue weighted by Crippen LogP contribution is -2.37. The molecule has 1 aliphatic heterocycles. The molecule has 2 rings (SSSR count). The summed E-state index contributed by atoms with van der Waals surface area (Å²) in [5.41, 5.74) is 7.49. The van der Waals surface area contributed by atoms with E-state index in [0.717, 1.165) is 10.5 Å². The summed E-state index contributed by atoms with van der Waals surface area (Å²) in [6, 6.07) is 9.66. The normalized spacial score (nSPS) is 18.8. The number of hydrazine groups is 1. The van der Waals surface area contributed by atoms with E-state index in [-0.39, 0.29) is 11.6 Å². The molecular formula is C16H20N4O3. The Morgan fingerprint density at radius 2 is 1.78 bits per heavy atom. The molecule has 23 heavy (non-hydrogen) atoms. The highest BCUT2D eigenvalue weighted by Gasteiger charge is 2.31. The van der Waals surface area contributed by atoms with Crippen molar-refractivity contribution in [2.45, 2.75) is 12.5 Å². The number of nitrogens with one attached hydrogen (secondary N) is 2. The van der Waals surface area contributed by atoms with Crippen LogP contribution >= 0.6 is 0 Å². The van der Waals surface area contributed by atoms with Gasteiger partial charge in [0, 0.05) is 33.3 Å². The van der Waals surface area contributed by atoms with E-state index in [1.54, 1.807) is 14.1 Å². The molecule has 1 aromatic carbocycles. The number of carbonyl (C=O) groups is 3. The fourth-order valence-corrected chi connectivity index (χ4v) is 2.33. The minimum absolute atomic E-state index is 0.0319. The molecular weight excluding hydrogens is 296 g/mol. The molecule has 1 atom stereocenters. The molecule has 1 aliphatic rings. The predicted octanol–water partition coefficient (Wildman–Crippen LogP) is 0.183. The zero-order chi connectivity index (χ0) is 17.0. The van der Waals surface area contributed by atoms with Crippen molar-refractivity contribution in [3.63, 3.8) is 0 Å². The summed E-state index contributed by atoms with van der Waals surface area (Å²) in [7, 11) is 4.46. The van der Waals surface area contributed by atoms with Crippen molar-refractivity contribution in [2.24, 2.45) is 0 Å². The lowest BCUT2D eigenvalue weighted by Gasteiger charge is -2.17. The molecule has 0 bridgehead atoms. The molecule has 2 N–H and O–H groups in total. The molecule has 122 valence electrons. The molecule has 1 fully saturated rings. The number of benzene rings is 1. The van der Waals surface area contributed by atoms with Gasteiger partial charge < -0.3 is 10.3 Å². The van der Waals surface area contributed by atoms with Gasteiger partial charge in [-0.05, 0) is 5.56 Å². The molecule has 1 aromatic rings. The Hall–Kier alpha value is -2.67. The van der Waals surface area contributed by atoms with Crippen LogP contribution in [-0.2, 0) is 14.4 Å². The lowest BCUT2D eigenvalue weighted by atomic mass is 10.0. The molecule has 0 radical (unpaired) electrons. The van der Waals surface area contributed by atoms with Gasteiger partial charge in [-0.1, -0.05) is 30.3 Å². The highest BCUT2D eigenvalue weighted by atomic mass is 16.2. The molecule has 0 spiro atoms. The molecule has 7 heteroatoms. The number of likely N-dealkylation sites (N-methyl/N-ethyl adjacent to an activating group) is 2. The number of nitrogens with zero attached hydrogens (tertiary/aromatic N) is 2. The number of amides is 3. The van der Waals surface area contributed by atoms with Crippen molar-refractivity contribution in [2.75, 3.05) is 21.1 Å². The molecule has 0 aromatic heterocycles. The van der Waals surface area contributed by atoms with Crippen LogP contribution in [0, 0.1) is 0 Å². The maximum absolute atomic E-state index is 12.4. The zero-order valence-electron chi connectivity index (χ0n) is 13.4. The van der Waals surface area contributed by atoms with E-state index in [9.17, 15) is 14.4 Å². The number of hydrogen-bond acceptors (Lipinski definition) is 5. The number of rotatable bonds is 4. The predicted molar refractivity (Wildman–Crippen MR) is 84.6 cm³/mol. The summed E-state index contributed by atoms with van der Waals surface area (Å²) in [4.78, 5) is 37.8. The Morgan fingerprint density at radius 1 is 1.13 bits per heavy atom. The molecule has 1 saturated heterocycles. The van der Waals surface area contributed by atoms with Crippen molar-refractivity contribution in [3.05, 3.63) is 47.2 Å². The third-order valence-electron chi connectivity index (χ3n) is 3.62. The smallest absolute Gasteiger partial charge is 0.267 e. The first kappa shape index (κ1) is 16.7. The van der Waals surface area contributed by atoms with Gasteiger partial charge >= 0.3 is 0 Å². The zero-order valence-corrected chi connectivity index (χ0v) is 13.4. The summed E-state index contributed by atoms with van der Waals surface area (Å²) in [5, 5.41) is 0. The van der Waals surface area contributed by atoms with Crippen LogP contribution in [0.3, 0.4) is 0 Å². The molecule has 0 saturated carbocycles. The number of hydrogen-bond donors (Lipinski definition) is 2. The molecule has 1 unspecified atom stereocenters. The Balaban J connectivity index is 2.34. The van der Waals surface area contributed by atoms with Crippen LogP contribution in [0.4, 0.5) is 0 Å². The quantitative estimate of drug-likeness (QED) is 0.358. The molecule has 1 heterocycles. The maximum Gasteiger partial charge on any atom is 0.267 e. The SMILES string of the molecule is CN(C)C(=O)/C(C(=O)N(C)C=O)=C1\CC(c2ccccc2)NN1. The van der Waals surface area contributed by atoms with Crippen LogP contribution in [0.5, 0.6) is 0 Å². The van der Waals surface area contributed by atoms with Gasteiger partial charge in [0.1, 0.15) is 5.57 Å². The molecule has 3 amide bonds. The first-order valence-electron chi connectivity index (χ1n) is 7.19. The van der Waals surface area contributed by atoms with Crippen molar-refractivity contribution >= 4 is 18.2 Å². The lowest BCUT2D eigenvalue weighted by molar-refractivity contribution is -0.136. The van der Waals surface area contributed by atoms with Crippen molar-refractivity contribution in [3.8, 4) is 0 Å². The van der Waals surface area contributed by atoms with Gasteiger partial charge in [0.2, 0.25) is 6.41 Å².